The molecule has 2 aromatic heterocycles. The molecule has 0 saturated heterocycles. The predicted octanol–water partition coefficient (Wildman–Crippen LogP) is 1.07. The second kappa shape index (κ2) is 4.30. The van der Waals surface area contributed by atoms with Crippen LogP contribution in [0.15, 0.2) is 27.7 Å². The van der Waals surface area contributed by atoms with E-state index in [9.17, 15) is 8.42 Å². The van der Waals surface area contributed by atoms with Crippen LogP contribution in [0, 0.1) is 13.8 Å². The lowest BCUT2D eigenvalue weighted by molar-refractivity contribution is 0.390. The van der Waals surface area contributed by atoms with Gasteiger partial charge >= 0.3 is 0 Å². The first-order valence-corrected chi connectivity index (χ1v) is 6.55. The van der Waals surface area contributed by atoms with Crippen LogP contribution < -0.4 is 10.5 Å². The van der Waals surface area contributed by atoms with Crippen LogP contribution in [0.5, 0.6) is 0 Å². The molecule has 0 radical (unpaired) electrons. The maximum atomic E-state index is 12.1. The fourth-order valence-electron chi connectivity index (χ4n) is 1.55. The van der Waals surface area contributed by atoms with E-state index in [0.717, 1.165) is 0 Å². The Morgan fingerprint density at radius 3 is 2.67 bits per heavy atom. The summed E-state index contributed by atoms with van der Waals surface area (Å²) in [5, 5.41) is 3.60. The van der Waals surface area contributed by atoms with E-state index in [1.807, 2.05) is 0 Å². The van der Waals surface area contributed by atoms with E-state index >= 15 is 0 Å². The Bertz CT molecular complexity index is 659. The van der Waals surface area contributed by atoms with E-state index < -0.39 is 10.0 Å². The lowest BCUT2D eigenvalue weighted by atomic mass is 10.4. The number of pyridine rings is 1. The Morgan fingerprint density at radius 1 is 1.39 bits per heavy atom. The van der Waals surface area contributed by atoms with Crippen LogP contribution in [-0.4, -0.2) is 18.6 Å². The summed E-state index contributed by atoms with van der Waals surface area (Å²) in [7, 11) is -3.77. The van der Waals surface area contributed by atoms with Crippen molar-refractivity contribution >= 4 is 21.5 Å². The van der Waals surface area contributed by atoms with Crippen molar-refractivity contribution in [2.45, 2.75) is 18.7 Å². The summed E-state index contributed by atoms with van der Waals surface area (Å²) < 4.78 is 31.4. The molecule has 0 aliphatic heterocycles. The molecule has 96 valence electrons. The number of nitrogens with one attached hydrogen (secondary N) is 1. The third-order valence-electron chi connectivity index (χ3n) is 2.26. The second-order valence-corrected chi connectivity index (χ2v) is 5.35. The highest BCUT2D eigenvalue weighted by molar-refractivity contribution is 7.92. The number of rotatable bonds is 3. The second-order valence-electron chi connectivity index (χ2n) is 3.73. The van der Waals surface area contributed by atoms with Gasteiger partial charge in [0.15, 0.2) is 10.7 Å². The smallest absolute Gasteiger partial charge is 0.268 e. The first-order valence-electron chi connectivity index (χ1n) is 5.07. The average molecular weight is 268 g/mol. The molecule has 2 rings (SSSR count). The molecule has 18 heavy (non-hydrogen) atoms. The summed E-state index contributed by atoms with van der Waals surface area (Å²) in [5.74, 6) is 0.374. The zero-order chi connectivity index (χ0) is 13.3. The SMILES string of the molecule is Cc1noc(C)c1S(=O)(=O)Nc1cc(N)ccn1. The summed E-state index contributed by atoms with van der Waals surface area (Å²) in [6, 6.07) is 2.99. The van der Waals surface area contributed by atoms with Gasteiger partial charge in [-0.25, -0.2) is 13.4 Å². The van der Waals surface area contributed by atoms with Gasteiger partial charge in [0.1, 0.15) is 11.5 Å². The minimum absolute atomic E-state index is 0.0201. The number of aryl methyl sites for hydroxylation is 2. The van der Waals surface area contributed by atoms with Gasteiger partial charge in [-0.1, -0.05) is 5.16 Å². The van der Waals surface area contributed by atoms with Crippen molar-refractivity contribution in [2.75, 3.05) is 10.5 Å². The van der Waals surface area contributed by atoms with Crippen molar-refractivity contribution in [3.8, 4) is 0 Å². The van der Waals surface area contributed by atoms with Gasteiger partial charge in [0.05, 0.1) is 0 Å². The number of nitrogens with two attached hydrogens (primary N) is 1. The summed E-state index contributed by atoms with van der Waals surface area (Å²) in [6.45, 7) is 3.08. The molecule has 3 N–H and O–H groups in total. The Hall–Kier alpha value is -2.09. The van der Waals surface area contributed by atoms with E-state index in [4.69, 9.17) is 10.3 Å². The van der Waals surface area contributed by atoms with Crippen LogP contribution in [0.2, 0.25) is 0 Å². The van der Waals surface area contributed by atoms with E-state index in [0.29, 0.717) is 11.4 Å². The molecule has 0 aliphatic carbocycles. The number of nitrogen functional groups attached to an aromatic ring is 1. The van der Waals surface area contributed by atoms with Gasteiger partial charge in [0.2, 0.25) is 0 Å². The van der Waals surface area contributed by atoms with Crippen molar-refractivity contribution in [3.05, 3.63) is 29.8 Å². The van der Waals surface area contributed by atoms with Crippen molar-refractivity contribution < 1.29 is 12.9 Å². The number of sulfonamides is 1. The van der Waals surface area contributed by atoms with E-state index in [1.54, 1.807) is 13.0 Å². The molecule has 0 aromatic carbocycles. The van der Waals surface area contributed by atoms with Crippen LogP contribution in [0.4, 0.5) is 11.5 Å². The summed E-state index contributed by atoms with van der Waals surface area (Å²) in [4.78, 5) is 3.89. The molecule has 0 fully saturated rings. The zero-order valence-electron chi connectivity index (χ0n) is 9.84. The number of anilines is 2. The Labute approximate surface area is 104 Å². The van der Waals surface area contributed by atoms with Gasteiger partial charge in [0, 0.05) is 18.0 Å². The summed E-state index contributed by atoms with van der Waals surface area (Å²) in [6.07, 6.45) is 1.42. The lowest BCUT2D eigenvalue weighted by Gasteiger charge is -2.06. The zero-order valence-corrected chi connectivity index (χ0v) is 10.7. The van der Waals surface area contributed by atoms with Gasteiger partial charge in [-0.05, 0) is 19.9 Å². The molecule has 0 aliphatic rings. The minimum Gasteiger partial charge on any atom is -0.399 e. The molecule has 0 spiro atoms. The van der Waals surface area contributed by atoms with Gasteiger partial charge in [0.25, 0.3) is 10.0 Å². The van der Waals surface area contributed by atoms with Crippen molar-refractivity contribution in [1.82, 2.24) is 10.1 Å². The standard InChI is InChI=1S/C10H12N4O3S/c1-6-10(7(2)17-13-6)18(15,16)14-9-5-8(11)3-4-12-9/h3-5H,1-2H3,(H3,11,12,14). The molecular formula is C10H12N4O3S. The normalized spacial score (nSPS) is 11.4. The monoisotopic (exact) mass is 268 g/mol. The van der Waals surface area contributed by atoms with Crippen molar-refractivity contribution in [2.24, 2.45) is 0 Å². The molecule has 0 saturated carbocycles. The van der Waals surface area contributed by atoms with E-state index in [1.165, 1.54) is 19.2 Å². The molecule has 0 unspecified atom stereocenters. The molecular weight excluding hydrogens is 256 g/mol. The van der Waals surface area contributed by atoms with E-state index in [2.05, 4.69) is 14.9 Å². The highest BCUT2D eigenvalue weighted by atomic mass is 32.2. The topological polar surface area (TPSA) is 111 Å². The average Bonchev–Trinajstić information content (AvgIpc) is 2.58. The third kappa shape index (κ3) is 2.28. The molecule has 2 aromatic rings. The van der Waals surface area contributed by atoms with Crippen LogP contribution >= 0.6 is 0 Å². The maximum absolute atomic E-state index is 12.1. The molecule has 2 heterocycles. The third-order valence-corrected chi connectivity index (χ3v) is 3.86. The minimum atomic E-state index is -3.77. The highest BCUT2D eigenvalue weighted by Gasteiger charge is 2.24. The molecule has 7 nitrogen and oxygen atoms in total. The summed E-state index contributed by atoms with van der Waals surface area (Å²) >= 11 is 0. The number of aromatic nitrogens is 2. The van der Waals surface area contributed by atoms with Crippen LogP contribution in [0.3, 0.4) is 0 Å². The predicted molar refractivity (Wildman–Crippen MR) is 65.4 cm³/mol. The maximum Gasteiger partial charge on any atom is 0.268 e. The summed E-state index contributed by atoms with van der Waals surface area (Å²) in [5.41, 5.74) is 6.26. The van der Waals surface area contributed by atoms with Gasteiger partial charge in [-0.2, -0.15) is 0 Å². The highest BCUT2D eigenvalue weighted by Crippen LogP contribution is 2.21. The first kappa shape index (κ1) is 12.4. The fraction of sp³-hybridized carbons (Fsp3) is 0.200. The number of hydrogen-bond acceptors (Lipinski definition) is 6. The van der Waals surface area contributed by atoms with E-state index in [-0.39, 0.29) is 16.5 Å². The Morgan fingerprint density at radius 2 is 2.11 bits per heavy atom. The van der Waals surface area contributed by atoms with Crippen LogP contribution in [0.1, 0.15) is 11.5 Å². The molecule has 8 heteroatoms. The van der Waals surface area contributed by atoms with Crippen LogP contribution in [-0.2, 0) is 10.0 Å². The fourth-order valence-corrected chi connectivity index (χ4v) is 2.88. The quantitative estimate of drug-likeness (QED) is 0.861. The van der Waals surface area contributed by atoms with Gasteiger partial charge in [-0.3, -0.25) is 4.72 Å². The molecule has 0 atom stereocenters. The number of hydrogen-bond donors (Lipinski definition) is 2. The Balaban J connectivity index is 2.39. The van der Waals surface area contributed by atoms with Gasteiger partial charge < -0.3 is 10.3 Å². The van der Waals surface area contributed by atoms with Crippen LogP contribution in [0.25, 0.3) is 0 Å². The first-order chi connectivity index (χ1) is 8.40. The molecule has 0 amide bonds. The Kier molecular flexibility index (Phi) is 2.95. The number of nitrogens with zero attached hydrogens (tertiary/aromatic N) is 2. The van der Waals surface area contributed by atoms with Gasteiger partial charge in [-0.15, -0.1) is 0 Å². The lowest BCUT2D eigenvalue weighted by Crippen LogP contribution is -2.15. The molecule has 0 bridgehead atoms. The van der Waals surface area contributed by atoms with Crippen molar-refractivity contribution in [1.29, 1.82) is 0 Å². The largest absolute Gasteiger partial charge is 0.399 e. The van der Waals surface area contributed by atoms with Crippen molar-refractivity contribution in [3.63, 3.8) is 0 Å².